The van der Waals surface area contributed by atoms with Crippen LogP contribution in [0.15, 0.2) is 53.3 Å². The molecule has 19 heavy (non-hydrogen) atoms. The zero-order chi connectivity index (χ0) is 13.2. The van der Waals surface area contributed by atoms with Gasteiger partial charge in [0.05, 0.1) is 10.9 Å². The first-order chi connectivity index (χ1) is 9.28. The standard InChI is InChI=1S/C15H13N3O/c16-9-10-6-7-13-12(8-10)15(19)18-14(17-13)11-4-2-1-3-5-11/h1-8H,9,16H2,(H,17,18,19). The fraction of sp³-hybridized carbons (Fsp3) is 0.0667. The van der Waals surface area contributed by atoms with Gasteiger partial charge in [-0.25, -0.2) is 4.98 Å². The lowest BCUT2D eigenvalue weighted by Gasteiger charge is -2.04. The van der Waals surface area contributed by atoms with Gasteiger partial charge in [-0.2, -0.15) is 0 Å². The number of nitrogens with one attached hydrogen (secondary N) is 1. The minimum Gasteiger partial charge on any atom is -0.326 e. The van der Waals surface area contributed by atoms with Crippen LogP contribution in [0.4, 0.5) is 0 Å². The summed E-state index contributed by atoms with van der Waals surface area (Å²) in [5, 5.41) is 0.572. The molecule has 0 aliphatic heterocycles. The van der Waals surface area contributed by atoms with Gasteiger partial charge in [-0.15, -0.1) is 0 Å². The van der Waals surface area contributed by atoms with Gasteiger partial charge in [-0.05, 0) is 17.7 Å². The van der Waals surface area contributed by atoms with Crippen molar-refractivity contribution in [3.63, 3.8) is 0 Å². The Bertz CT molecular complexity index is 778. The van der Waals surface area contributed by atoms with Crippen molar-refractivity contribution in [1.29, 1.82) is 0 Å². The molecule has 3 aromatic rings. The van der Waals surface area contributed by atoms with Crippen molar-refractivity contribution < 1.29 is 0 Å². The van der Waals surface area contributed by atoms with Gasteiger partial charge in [-0.3, -0.25) is 4.79 Å². The van der Waals surface area contributed by atoms with Crippen LogP contribution >= 0.6 is 0 Å². The maximum atomic E-state index is 12.1. The van der Waals surface area contributed by atoms with Gasteiger partial charge in [0.1, 0.15) is 5.82 Å². The highest BCUT2D eigenvalue weighted by Crippen LogP contribution is 2.16. The molecule has 3 N–H and O–H groups in total. The Balaban J connectivity index is 2.23. The zero-order valence-corrected chi connectivity index (χ0v) is 10.3. The number of nitrogens with zero attached hydrogens (tertiary/aromatic N) is 1. The van der Waals surface area contributed by atoms with Crippen LogP contribution in [0.1, 0.15) is 5.56 Å². The van der Waals surface area contributed by atoms with E-state index in [9.17, 15) is 4.79 Å². The zero-order valence-electron chi connectivity index (χ0n) is 10.3. The summed E-state index contributed by atoms with van der Waals surface area (Å²) < 4.78 is 0. The third kappa shape index (κ3) is 2.13. The molecule has 4 heteroatoms. The predicted octanol–water partition coefficient (Wildman–Crippen LogP) is 2.05. The molecule has 94 valence electrons. The Kier molecular flexibility index (Phi) is 2.85. The Morgan fingerprint density at radius 2 is 1.89 bits per heavy atom. The number of rotatable bonds is 2. The molecule has 1 heterocycles. The molecular formula is C15H13N3O. The molecule has 1 aromatic heterocycles. The van der Waals surface area contributed by atoms with Crippen molar-refractivity contribution in [1.82, 2.24) is 9.97 Å². The normalized spacial score (nSPS) is 10.8. The third-order valence-corrected chi connectivity index (χ3v) is 3.05. The van der Waals surface area contributed by atoms with Gasteiger partial charge < -0.3 is 10.7 Å². The molecule has 0 fully saturated rings. The lowest BCUT2D eigenvalue weighted by molar-refractivity contribution is 1.07. The minimum absolute atomic E-state index is 0.140. The summed E-state index contributed by atoms with van der Waals surface area (Å²) in [6.45, 7) is 0.413. The highest BCUT2D eigenvalue weighted by atomic mass is 16.1. The van der Waals surface area contributed by atoms with E-state index in [-0.39, 0.29) is 5.56 Å². The highest BCUT2D eigenvalue weighted by molar-refractivity contribution is 5.80. The summed E-state index contributed by atoms with van der Waals surface area (Å²) >= 11 is 0. The van der Waals surface area contributed by atoms with E-state index >= 15 is 0 Å². The van der Waals surface area contributed by atoms with Crippen LogP contribution in [0.5, 0.6) is 0 Å². The molecule has 0 atom stereocenters. The fourth-order valence-corrected chi connectivity index (χ4v) is 2.05. The van der Waals surface area contributed by atoms with Crippen LogP contribution in [0.2, 0.25) is 0 Å². The fourth-order valence-electron chi connectivity index (χ4n) is 2.05. The van der Waals surface area contributed by atoms with E-state index < -0.39 is 0 Å². The van der Waals surface area contributed by atoms with Gasteiger partial charge >= 0.3 is 0 Å². The molecule has 0 saturated carbocycles. The number of H-pyrrole nitrogens is 1. The van der Waals surface area contributed by atoms with E-state index in [0.29, 0.717) is 23.3 Å². The van der Waals surface area contributed by atoms with Crippen molar-refractivity contribution in [2.45, 2.75) is 6.54 Å². The first-order valence-electron chi connectivity index (χ1n) is 6.06. The predicted molar refractivity (Wildman–Crippen MR) is 75.7 cm³/mol. The number of hydrogen-bond donors (Lipinski definition) is 2. The van der Waals surface area contributed by atoms with Crippen LogP contribution in [-0.2, 0) is 6.54 Å². The van der Waals surface area contributed by atoms with Crippen LogP contribution in [-0.4, -0.2) is 9.97 Å². The molecule has 0 aliphatic rings. The Hall–Kier alpha value is -2.46. The lowest BCUT2D eigenvalue weighted by atomic mass is 10.1. The van der Waals surface area contributed by atoms with Gasteiger partial charge in [0.25, 0.3) is 5.56 Å². The van der Waals surface area contributed by atoms with E-state index in [1.165, 1.54) is 0 Å². The quantitative estimate of drug-likeness (QED) is 0.732. The number of hydrogen-bond acceptors (Lipinski definition) is 3. The van der Waals surface area contributed by atoms with Crippen molar-refractivity contribution in [3.05, 3.63) is 64.4 Å². The second-order valence-electron chi connectivity index (χ2n) is 4.34. The summed E-state index contributed by atoms with van der Waals surface area (Å²) in [6, 6.07) is 15.1. The SMILES string of the molecule is NCc1ccc2nc(-c3ccccc3)[nH]c(=O)c2c1. The molecule has 0 spiro atoms. The van der Waals surface area contributed by atoms with Gasteiger partial charge in [-0.1, -0.05) is 36.4 Å². The third-order valence-electron chi connectivity index (χ3n) is 3.05. The number of benzene rings is 2. The average molecular weight is 251 g/mol. The number of aromatic nitrogens is 2. The first-order valence-corrected chi connectivity index (χ1v) is 6.06. The molecule has 0 aliphatic carbocycles. The van der Waals surface area contributed by atoms with Gasteiger partial charge in [0, 0.05) is 12.1 Å². The molecule has 0 bridgehead atoms. The van der Waals surface area contributed by atoms with Crippen molar-refractivity contribution in [3.8, 4) is 11.4 Å². The van der Waals surface area contributed by atoms with Crippen LogP contribution in [0.25, 0.3) is 22.3 Å². The monoisotopic (exact) mass is 251 g/mol. The molecule has 0 saturated heterocycles. The maximum Gasteiger partial charge on any atom is 0.259 e. The highest BCUT2D eigenvalue weighted by Gasteiger charge is 2.06. The number of aromatic amines is 1. The largest absolute Gasteiger partial charge is 0.326 e. The van der Waals surface area contributed by atoms with E-state index in [4.69, 9.17) is 5.73 Å². The van der Waals surface area contributed by atoms with E-state index in [1.807, 2.05) is 42.5 Å². The molecule has 0 amide bonds. The Morgan fingerprint density at radius 1 is 1.11 bits per heavy atom. The number of nitrogens with two attached hydrogens (primary N) is 1. The van der Waals surface area contributed by atoms with Gasteiger partial charge in [0.15, 0.2) is 0 Å². The molecule has 0 radical (unpaired) electrons. The Labute approximate surface area is 109 Å². The van der Waals surface area contributed by atoms with E-state index in [2.05, 4.69) is 9.97 Å². The smallest absolute Gasteiger partial charge is 0.259 e. The molecular weight excluding hydrogens is 238 g/mol. The second-order valence-corrected chi connectivity index (χ2v) is 4.34. The van der Waals surface area contributed by atoms with Gasteiger partial charge in [0.2, 0.25) is 0 Å². The summed E-state index contributed by atoms with van der Waals surface area (Å²) in [4.78, 5) is 19.4. The minimum atomic E-state index is -0.140. The van der Waals surface area contributed by atoms with Crippen LogP contribution in [0, 0.1) is 0 Å². The summed E-state index contributed by atoms with van der Waals surface area (Å²) in [5.74, 6) is 0.582. The second kappa shape index (κ2) is 4.66. The molecule has 3 rings (SSSR count). The van der Waals surface area contributed by atoms with Crippen molar-refractivity contribution in [2.24, 2.45) is 5.73 Å². The lowest BCUT2D eigenvalue weighted by Crippen LogP contribution is -2.10. The van der Waals surface area contributed by atoms with E-state index in [0.717, 1.165) is 11.1 Å². The molecule has 2 aromatic carbocycles. The van der Waals surface area contributed by atoms with Crippen molar-refractivity contribution in [2.75, 3.05) is 0 Å². The average Bonchev–Trinajstić information content (AvgIpc) is 2.48. The summed E-state index contributed by atoms with van der Waals surface area (Å²) in [6.07, 6.45) is 0. The number of fused-ring (bicyclic) bond motifs is 1. The van der Waals surface area contributed by atoms with Crippen LogP contribution < -0.4 is 11.3 Å². The first kappa shape index (κ1) is 11.6. The van der Waals surface area contributed by atoms with Crippen molar-refractivity contribution >= 4 is 10.9 Å². The topological polar surface area (TPSA) is 71.8 Å². The van der Waals surface area contributed by atoms with E-state index in [1.54, 1.807) is 6.07 Å². The summed E-state index contributed by atoms with van der Waals surface area (Å²) in [5.41, 5.74) is 7.94. The van der Waals surface area contributed by atoms with Crippen LogP contribution in [0.3, 0.4) is 0 Å². The Morgan fingerprint density at radius 3 is 2.63 bits per heavy atom. The maximum absolute atomic E-state index is 12.1. The molecule has 4 nitrogen and oxygen atoms in total. The molecule has 0 unspecified atom stereocenters. The summed E-state index contributed by atoms with van der Waals surface area (Å²) in [7, 11) is 0.